The molecule has 0 radical (unpaired) electrons. The minimum atomic E-state index is -0.577. The zero-order chi connectivity index (χ0) is 30.3. The number of hydrogen-bond donors (Lipinski definition) is 2. The largest absolute Gasteiger partial charge is 0.338 e. The van der Waals surface area contributed by atoms with Gasteiger partial charge < -0.3 is 15.5 Å². The Morgan fingerprint density at radius 3 is 2.50 bits per heavy atom. The number of fused-ring (bicyclic) bond motifs is 1. The highest BCUT2D eigenvalue weighted by Gasteiger charge is 2.31. The van der Waals surface area contributed by atoms with E-state index >= 15 is 0 Å². The zero-order valence-corrected chi connectivity index (χ0v) is 26.0. The third kappa shape index (κ3) is 5.77. The van der Waals surface area contributed by atoms with Crippen LogP contribution in [0.1, 0.15) is 37.3 Å². The number of benzene rings is 2. The number of nitrogens with zero attached hydrogens (tertiary/aromatic N) is 4. The maximum absolute atomic E-state index is 14.9. The van der Waals surface area contributed by atoms with Crippen molar-refractivity contribution in [3.8, 4) is 5.69 Å². The van der Waals surface area contributed by atoms with Gasteiger partial charge in [-0.15, -0.1) is 0 Å². The number of amides is 1. The molecule has 1 aliphatic rings. The fraction of sp³-hybridized carbons (Fsp3) is 0.333. The number of carbonyl (C=O) groups is 1. The molecule has 0 spiro atoms. The molecule has 1 amide bonds. The standard InChI is InChI=1S/C30H32FIN6O4/c1-17-26-25(27(36(4)28(17)40)34-23-13-10-18(32)15-22(23)31)29(41)38(20-11-12-20)30(42)37(26)21-8-5-7-19(16-21)33-24(39)9-6-14-35(2)3/h5,7-8,10,13,15-16,20,34H,6,9,11-12,14H2,1-4H3,(H,33,39). The van der Waals surface area contributed by atoms with Crippen molar-refractivity contribution in [2.45, 2.75) is 38.6 Å². The summed E-state index contributed by atoms with van der Waals surface area (Å²) in [6.45, 7) is 2.33. The second-order valence-corrected chi connectivity index (χ2v) is 12.1. The molecule has 1 fully saturated rings. The summed E-state index contributed by atoms with van der Waals surface area (Å²) in [7, 11) is 5.39. The third-order valence-electron chi connectivity index (χ3n) is 7.34. The fourth-order valence-corrected chi connectivity index (χ4v) is 5.53. The van der Waals surface area contributed by atoms with Gasteiger partial charge in [-0.2, -0.15) is 0 Å². The van der Waals surface area contributed by atoms with E-state index in [-0.39, 0.29) is 39.9 Å². The Labute approximate surface area is 254 Å². The van der Waals surface area contributed by atoms with Gasteiger partial charge in [0.05, 0.1) is 16.9 Å². The molecular formula is C30H32FIN6O4. The summed E-state index contributed by atoms with van der Waals surface area (Å²) in [4.78, 5) is 56.0. The van der Waals surface area contributed by atoms with E-state index in [0.717, 1.165) is 6.54 Å². The van der Waals surface area contributed by atoms with Crippen molar-refractivity contribution in [2.75, 3.05) is 31.3 Å². The van der Waals surface area contributed by atoms with Crippen LogP contribution in [0.2, 0.25) is 0 Å². The number of carbonyl (C=O) groups excluding carboxylic acids is 1. The molecule has 42 heavy (non-hydrogen) atoms. The summed E-state index contributed by atoms with van der Waals surface area (Å²) >= 11 is 2.00. The lowest BCUT2D eigenvalue weighted by molar-refractivity contribution is -0.116. The molecule has 0 bridgehead atoms. The number of pyridine rings is 1. The Morgan fingerprint density at radius 1 is 1.10 bits per heavy atom. The van der Waals surface area contributed by atoms with Crippen LogP contribution >= 0.6 is 22.6 Å². The Hall–Kier alpha value is -3.78. The maximum atomic E-state index is 14.9. The Bertz CT molecular complexity index is 1890. The van der Waals surface area contributed by atoms with Crippen LogP contribution in [0.15, 0.2) is 56.8 Å². The van der Waals surface area contributed by atoms with Crippen LogP contribution in [0.4, 0.5) is 21.6 Å². The topological polar surface area (TPSA) is 110 Å². The first kappa shape index (κ1) is 29.7. The van der Waals surface area contributed by atoms with Gasteiger partial charge in [-0.25, -0.2) is 9.18 Å². The number of nitrogens with one attached hydrogen (secondary N) is 2. The highest BCUT2D eigenvalue weighted by atomic mass is 127. The molecule has 2 N–H and O–H groups in total. The Kier molecular flexibility index (Phi) is 8.37. The van der Waals surface area contributed by atoms with Crippen LogP contribution in [-0.2, 0) is 11.8 Å². The van der Waals surface area contributed by atoms with E-state index in [4.69, 9.17) is 0 Å². The number of aryl methyl sites for hydroxylation is 1. The highest BCUT2D eigenvalue weighted by Crippen LogP contribution is 2.34. The van der Waals surface area contributed by atoms with Crippen molar-refractivity contribution >= 4 is 56.6 Å². The van der Waals surface area contributed by atoms with E-state index in [1.807, 2.05) is 41.6 Å². The van der Waals surface area contributed by atoms with E-state index in [9.17, 15) is 23.6 Å². The van der Waals surface area contributed by atoms with Gasteiger partial charge in [0.1, 0.15) is 17.0 Å². The molecule has 220 valence electrons. The number of hydrogen-bond acceptors (Lipinski definition) is 6. The van der Waals surface area contributed by atoms with Gasteiger partial charge in [0, 0.05) is 34.3 Å². The van der Waals surface area contributed by atoms with Crippen LogP contribution in [0.3, 0.4) is 0 Å². The van der Waals surface area contributed by atoms with Gasteiger partial charge in [0.25, 0.3) is 11.1 Å². The number of halogens is 2. The van der Waals surface area contributed by atoms with Crippen LogP contribution in [0.5, 0.6) is 0 Å². The average Bonchev–Trinajstić information content (AvgIpc) is 3.76. The number of aromatic nitrogens is 3. The van der Waals surface area contributed by atoms with E-state index in [2.05, 4.69) is 10.6 Å². The minimum Gasteiger partial charge on any atom is -0.338 e. The van der Waals surface area contributed by atoms with Crippen molar-refractivity contribution in [1.82, 2.24) is 18.6 Å². The number of rotatable bonds is 9. The average molecular weight is 687 g/mol. The first-order chi connectivity index (χ1) is 20.0. The van der Waals surface area contributed by atoms with Gasteiger partial charge in [-0.1, -0.05) is 6.07 Å². The van der Waals surface area contributed by atoms with Crippen LogP contribution < -0.4 is 27.4 Å². The fourth-order valence-electron chi connectivity index (χ4n) is 5.08. The zero-order valence-electron chi connectivity index (χ0n) is 23.8. The van der Waals surface area contributed by atoms with E-state index in [1.54, 1.807) is 37.3 Å². The van der Waals surface area contributed by atoms with E-state index < -0.39 is 22.6 Å². The van der Waals surface area contributed by atoms with Gasteiger partial charge >= 0.3 is 5.69 Å². The predicted octanol–water partition coefficient (Wildman–Crippen LogP) is 4.26. The van der Waals surface area contributed by atoms with Crippen molar-refractivity contribution in [2.24, 2.45) is 7.05 Å². The van der Waals surface area contributed by atoms with Gasteiger partial charge in [-0.05, 0) is 106 Å². The van der Waals surface area contributed by atoms with Crippen molar-refractivity contribution in [3.63, 3.8) is 0 Å². The molecule has 2 heterocycles. The molecule has 10 nitrogen and oxygen atoms in total. The molecule has 5 rings (SSSR count). The molecule has 2 aromatic carbocycles. The smallest absolute Gasteiger partial charge is 0.336 e. The second-order valence-electron chi connectivity index (χ2n) is 10.8. The first-order valence-corrected chi connectivity index (χ1v) is 14.7. The quantitative estimate of drug-likeness (QED) is 0.255. The second kappa shape index (κ2) is 11.8. The third-order valence-corrected chi connectivity index (χ3v) is 8.01. The first-order valence-electron chi connectivity index (χ1n) is 13.7. The molecule has 2 aromatic heterocycles. The summed E-state index contributed by atoms with van der Waals surface area (Å²) < 4.78 is 19.4. The summed E-state index contributed by atoms with van der Waals surface area (Å²) in [5.74, 6) is -0.627. The van der Waals surface area contributed by atoms with Crippen LogP contribution in [0, 0.1) is 16.3 Å². The predicted molar refractivity (Wildman–Crippen MR) is 171 cm³/mol. The summed E-state index contributed by atoms with van der Waals surface area (Å²) in [5.41, 5.74) is -0.300. The lowest BCUT2D eigenvalue weighted by atomic mass is 10.1. The van der Waals surface area contributed by atoms with E-state index in [1.165, 1.54) is 32.9 Å². The molecule has 0 atom stereocenters. The van der Waals surface area contributed by atoms with Crippen molar-refractivity contribution < 1.29 is 9.18 Å². The van der Waals surface area contributed by atoms with Crippen LogP contribution in [-0.4, -0.2) is 45.1 Å². The molecule has 4 aromatic rings. The monoisotopic (exact) mass is 686 g/mol. The molecule has 1 aliphatic carbocycles. The highest BCUT2D eigenvalue weighted by molar-refractivity contribution is 14.1. The molecule has 0 saturated heterocycles. The summed E-state index contributed by atoms with van der Waals surface area (Å²) in [6, 6.07) is 11.1. The molecular weight excluding hydrogens is 654 g/mol. The van der Waals surface area contributed by atoms with Gasteiger partial charge in [0.2, 0.25) is 5.91 Å². The number of anilines is 3. The maximum Gasteiger partial charge on any atom is 0.336 e. The molecule has 0 unspecified atom stereocenters. The minimum absolute atomic E-state index is 0.0826. The van der Waals surface area contributed by atoms with Gasteiger partial charge in [0.15, 0.2) is 0 Å². The van der Waals surface area contributed by atoms with Crippen molar-refractivity contribution in [3.05, 3.63) is 88.6 Å². The normalized spacial score (nSPS) is 13.1. The summed E-state index contributed by atoms with van der Waals surface area (Å²) in [5, 5.41) is 5.94. The molecule has 1 saturated carbocycles. The Morgan fingerprint density at radius 2 is 1.83 bits per heavy atom. The molecule has 0 aliphatic heterocycles. The lowest BCUT2D eigenvalue weighted by Crippen LogP contribution is -2.41. The lowest BCUT2D eigenvalue weighted by Gasteiger charge is -2.21. The summed E-state index contributed by atoms with van der Waals surface area (Å²) in [6.07, 6.45) is 2.36. The van der Waals surface area contributed by atoms with Gasteiger partial charge in [-0.3, -0.25) is 28.1 Å². The van der Waals surface area contributed by atoms with Crippen LogP contribution in [0.25, 0.3) is 16.6 Å². The molecule has 12 heteroatoms. The van der Waals surface area contributed by atoms with E-state index in [0.29, 0.717) is 40.6 Å². The Balaban J connectivity index is 1.72. The SMILES string of the molecule is Cc1c(=O)n(C)c(Nc2ccc(I)cc2F)c2c(=O)n(C3CC3)c(=O)n(-c3cccc(NC(=O)CCCN(C)C)c3)c12. The van der Waals surface area contributed by atoms with Crippen molar-refractivity contribution in [1.29, 1.82) is 0 Å².